The second kappa shape index (κ2) is 6.42. The highest BCUT2D eigenvalue weighted by Crippen LogP contribution is 2.16. The molecule has 1 heterocycles. The normalized spacial score (nSPS) is 20.3. The van der Waals surface area contributed by atoms with E-state index in [4.69, 9.17) is 5.26 Å². The van der Waals surface area contributed by atoms with E-state index in [1.165, 1.54) is 25.8 Å². The molecule has 0 spiro atoms. The second-order valence-electron chi connectivity index (χ2n) is 5.04. The van der Waals surface area contributed by atoms with E-state index in [9.17, 15) is 0 Å². The number of nitriles is 1. The molecule has 1 aliphatic rings. The summed E-state index contributed by atoms with van der Waals surface area (Å²) in [5.41, 5.74) is 2.23. The van der Waals surface area contributed by atoms with E-state index < -0.39 is 0 Å². The minimum Gasteiger partial charge on any atom is -0.383 e. The first kappa shape index (κ1) is 12.9. The van der Waals surface area contributed by atoms with Crippen LogP contribution in [0.5, 0.6) is 0 Å². The molecule has 1 aromatic carbocycles. The van der Waals surface area contributed by atoms with Crippen molar-refractivity contribution < 1.29 is 0 Å². The Labute approximate surface area is 109 Å². The van der Waals surface area contributed by atoms with Gasteiger partial charge in [0.25, 0.3) is 0 Å². The molecule has 1 aliphatic heterocycles. The number of rotatable bonds is 4. The van der Waals surface area contributed by atoms with Crippen molar-refractivity contribution in [2.24, 2.45) is 0 Å². The average molecular weight is 243 g/mol. The van der Waals surface area contributed by atoms with Gasteiger partial charge in [-0.15, -0.1) is 0 Å². The zero-order valence-electron chi connectivity index (χ0n) is 11.0. The summed E-state index contributed by atoms with van der Waals surface area (Å²) in [4.78, 5) is 2.44. The molecule has 0 bridgehead atoms. The SMILES string of the molecule is CN1CCCCC1CNc1ccc(CC#N)cc1. The summed E-state index contributed by atoms with van der Waals surface area (Å²) in [6.45, 7) is 2.22. The monoisotopic (exact) mass is 243 g/mol. The van der Waals surface area contributed by atoms with Gasteiger partial charge in [0.05, 0.1) is 12.5 Å². The molecule has 0 saturated carbocycles. The first-order valence-electron chi connectivity index (χ1n) is 6.69. The zero-order chi connectivity index (χ0) is 12.8. The van der Waals surface area contributed by atoms with Crippen LogP contribution in [-0.4, -0.2) is 31.1 Å². The third-order valence-corrected chi connectivity index (χ3v) is 3.70. The van der Waals surface area contributed by atoms with Gasteiger partial charge in [-0.3, -0.25) is 0 Å². The van der Waals surface area contributed by atoms with E-state index in [0.29, 0.717) is 12.5 Å². The number of likely N-dealkylation sites (N-methyl/N-ethyl adjacent to an activating group) is 1. The van der Waals surface area contributed by atoms with Gasteiger partial charge >= 0.3 is 0 Å². The van der Waals surface area contributed by atoms with Gasteiger partial charge in [-0.1, -0.05) is 18.6 Å². The molecule has 0 radical (unpaired) electrons. The van der Waals surface area contributed by atoms with Crippen molar-refractivity contribution in [2.75, 3.05) is 25.5 Å². The summed E-state index contributed by atoms with van der Waals surface area (Å²) in [5, 5.41) is 12.1. The van der Waals surface area contributed by atoms with Gasteiger partial charge in [-0.2, -0.15) is 5.26 Å². The molecule has 1 fully saturated rings. The maximum absolute atomic E-state index is 8.62. The molecule has 1 unspecified atom stereocenters. The van der Waals surface area contributed by atoms with E-state index >= 15 is 0 Å². The lowest BCUT2D eigenvalue weighted by atomic mass is 10.0. The minimum atomic E-state index is 0.492. The third kappa shape index (κ3) is 3.48. The summed E-state index contributed by atoms with van der Waals surface area (Å²) in [6.07, 6.45) is 4.45. The summed E-state index contributed by atoms with van der Waals surface area (Å²) in [7, 11) is 2.21. The number of nitrogens with zero attached hydrogens (tertiary/aromatic N) is 2. The van der Waals surface area contributed by atoms with Crippen LogP contribution in [0.1, 0.15) is 24.8 Å². The van der Waals surface area contributed by atoms with Crippen LogP contribution in [0, 0.1) is 11.3 Å². The van der Waals surface area contributed by atoms with Crippen LogP contribution in [0.3, 0.4) is 0 Å². The highest BCUT2D eigenvalue weighted by molar-refractivity contribution is 5.45. The predicted molar refractivity (Wildman–Crippen MR) is 74.5 cm³/mol. The van der Waals surface area contributed by atoms with Crippen molar-refractivity contribution >= 4 is 5.69 Å². The Kier molecular flexibility index (Phi) is 4.60. The van der Waals surface area contributed by atoms with Crippen LogP contribution in [0.4, 0.5) is 5.69 Å². The van der Waals surface area contributed by atoms with Crippen molar-refractivity contribution in [3.05, 3.63) is 29.8 Å². The maximum atomic E-state index is 8.62. The van der Waals surface area contributed by atoms with Crippen molar-refractivity contribution in [2.45, 2.75) is 31.7 Å². The minimum absolute atomic E-state index is 0.492. The topological polar surface area (TPSA) is 39.1 Å². The van der Waals surface area contributed by atoms with Gasteiger partial charge in [0, 0.05) is 18.3 Å². The molecular weight excluding hydrogens is 222 g/mol. The Morgan fingerprint density at radius 1 is 1.33 bits per heavy atom. The van der Waals surface area contributed by atoms with E-state index in [2.05, 4.69) is 35.5 Å². The molecule has 1 saturated heterocycles. The standard InChI is InChI=1S/C15H21N3/c1-18-11-3-2-4-15(18)12-17-14-7-5-13(6-8-14)9-10-16/h5-8,15,17H,2-4,9,11-12H2,1H3. The van der Waals surface area contributed by atoms with E-state index in [0.717, 1.165) is 17.8 Å². The number of anilines is 1. The lowest BCUT2D eigenvalue weighted by Gasteiger charge is -2.32. The van der Waals surface area contributed by atoms with Gasteiger partial charge in [0.2, 0.25) is 0 Å². The third-order valence-electron chi connectivity index (χ3n) is 3.70. The quantitative estimate of drug-likeness (QED) is 0.883. The van der Waals surface area contributed by atoms with Gasteiger partial charge in [-0.25, -0.2) is 0 Å². The fraction of sp³-hybridized carbons (Fsp3) is 0.533. The van der Waals surface area contributed by atoms with Crippen LogP contribution >= 0.6 is 0 Å². The molecule has 0 aliphatic carbocycles. The molecule has 3 nitrogen and oxygen atoms in total. The number of likely N-dealkylation sites (tertiary alicyclic amines) is 1. The Morgan fingerprint density at radius 3 is 2.78 bits per heavy atom. The molecule has 1 N–H and O–H groups in total. The average Bonchev–Trinajstić information content (AvgIpc) is 2.40. The smallest absolute Gasteiger partial charge is 0.0669 e. The number of hydrogen-bond acceptors (Lipinski definition) is 3. The van der Waals surface area contributed by atoms with Crippen LogP contribution < -0.4 is 5.32 Å². The molecule has 0 amide bonds. The molecule has 18 heavy (non-hydrogen) atoms. The van der Waals surface area contributed by atoms with Crippen molar-refractivity contribution in [1.82, 2.24) is 4.90 Å². The number of nitrogens with one attached hydrogen (secondary N) is 1. The largest absolute Gasteiger partial charge is 0.383 e. The van der Waals surface area contributed by atoms with Crippen LogP contribution in [0.15, 0.2) is 24.3 Å². The summed E-state index contributed by atoms with van der Waals surface area (Å²) >= 11 is 0. The Balaban J connectivity index is 1.84. The molecule has 3 heteroatoms. The number of benzene rings is 1. The van der Waals surface area contributed by atoms with Crippen LogP contribution in [-0.2, 0) is 6.42 Å². The summed E-state index contributed by atoms with van der Waals surface area (Å²) in [6, 6.07) is 11.0. The zero-order valence-corrected chi connectivity index (χ0v) is 11.0. The predicted octanol–water partition coefficient (Wildman–Crippen LogP) is 2.65. The molecule has 2 rings (SSSR count). The number of hydrogen-bond donors (Lipinski definition) is 1. The fourth-order valence-electron chi connectivity index (χ4n) is 2.47. The van der Waals surface area contributed by atoms with E-state index in [1.54, 1.807) is 0 Å². The fourth-order valence-corrected chi connectivity index (χ4v) is 2.47. The lowest BCUT2D eigenvalue weighted by molar-refractivity contribution is 0.194. The lowest BCUT2D eigenvalue weighted by Crippen LogP contribution is -2.40. The highest BCUT2D eigenvalue weighted by atomic mass is 15.2. The van der Waals surface area contributed by atoms with Crippen molar-refractivity contribution in [1.29, 1.82) is 5.26 Å². The molecular formula is C15H21N3. The van der Waals surface area contributed by atoms with Crippen LogP contribution in [0.2, 0.25) is 0 Å². The van der Waals surface area contributed by atoms with E-state index in [1.807, 2.05) is 12.1 Å². The Bertz CT molecular complexity index is 405. The molecule has 96 valence electrons. The highest BCUT2D eigenvalue weighted by Gasteiger charge is 2.17. The maximum Gasteiger partial charge on any atom is 0.0669 e. The number of piperidine rings is 1. The van der Waals surface area contributed by atoms with Gasteiger partial charge in [0.15, 0.2) is 0 Å². The molecule has 0 aromatic heterocycles. The summed E-state index contributed by atoms with van der Waals surface area (Å²) in [5.74, 6) is 0. The summed E-state index contributed by atoms with van der Waals surface area (Å²) < 4.78 is 0. The van der Waals surface area contributed by atoms with Gasteiger partial charge in [-0.05, 0) is 44.1 Å². The van der Waals surface area contributed by atoms with Crippen molar-refractivity contribution in [3.8, 4) is 6.07 Å². The Hall–Kier alpha value is -1.53. The van der Waals surface area contributed by atoms with E-state index in [-0.39, 0.29) is 0 Å². The van der Waals surface area contributed by atoms with Crippen molar-refractivity contribution in [3.63, 3.8) is 0 Å². The molecule has 1 aromatic rings. The van der Waals surface area contributed by atoms with Gasteiger partial charge < -0.3 is 10.2 Å². The van der Waals surface area contributed by atoms with Gasteiger partial charge in [0.1, 0.15) is 0 Å². The molecule has 1 atom stereocenters. The first-order valence-corrected chi connectivity index (χ1v) is 6.69. The first-order chi connectivity index (χ1) is 8.79. The Morgan fingerprint density at radius 2 is 2.11 bits per heavy atom. The second-order valence-corrected chi connectivity index (χ2v) is 5.04. The van der Waals surface area contributed by atoms with Crippen LogP contribution in [0.25, 0.3) is 0 Å².